The van der Waals surface area contributed by atoms with Gasteiger partial charge < -0.3 is 0 Å². The van der Waals surface area contributed by atoms with Gasteiger partial charge in [-0.2, -0.15) is 9.29 Å². The first-order valence-electron chi connectivity index (χ1n) is 9.90. The van der Waals surface area contributed by atoms with Crippen LogP contribution in [0.4, 0.5) is 8.78 Å². The third-order valence-electron chi connectivity index (χ3n) is 5.11. The smallest absolute Gasteiger partial charge is 0.246 e. The van der Waals surface area contributed by atoms with E-state index in [9.17, 15) is 17.2 Å². The molecular weight excluding hydrogens is 456 g/mol. The molecule has 0 atom stereocenters. The summed E-state index contributed by atoms with van der Waals surface area (Å²) in [5.41, 5.74) is 1.04. The Morgan fingerprint density at radius 1 is 1.03 bits per heavy atom. The lowest BCUT2D eigenvalue weighted by molar-refractivity contribution is 0.144. The van der Waals surface area contributed by atoms with Crippen LogP contribution in [0.15, 0.2) is 53.4 Å². The number of nitrogens with zero attached hydrogens (tertiary/aromatic N) is 4. The Labute approximate surface area is 189 Å². The Morgan fingerprint density at radius 3 is 2.44 bits per heavy atom. The summed E-state index contributed by atoms with van der Waals surface area (Å²) >= 11 is 5.32. The monoisotopic (exact) mass is 477 g/mol. The summed E-state index contributed by atoms with van der Waals surface area (Å²) in [7, 11) is -4.04. The van der Waals surface area contributed by atoms with Crippen LogP contribution in [0, 0.1) is 16.4 Å². The summed E-state index contributed by atoms with van der Waals surface area (Å²) in [4.78, 5) is 5.84. The fourth-order valence-electron chi connectivity index (χ4n) is 3.42. The summed E-state index contributed by atoms with van der Waals surface area (Å²) in [5, 5.41) is 3.14. The second kappa shape index (κ2) is 9.41. The van der Waals surface area contributed by atoms with Crippen molar-refractivity contribution in [3.63, 3.8) is 0 Å². The number of nitrogens with one attached hydrogen (secondary N) is 1. The van der Waals surface area contributed by atoms with Crippen molar-refractivity contribution in [1.29, 1.82) is 0 Å². The molecule has 2 aromatic carbocycles. The first-order valence-corrected chi connectivity index (χ1v) is 11.8. The fourth-order valence-corrected chi connectivity index (χ4v) is 5.09. The maximum Gasteiger partial charge on any atom is 0.246 e. The van der Waals surface area contributed by atoms with E-state index in [2.05, 4.69) is 10.1 Å². The first kappa shape index (κ1) is 22.5. The number of aromatic amines is 1. The van der Waals surface area contributed by atoms with Crippen LogP contribution < -0.4 is 0 Å². The lowest BCUT2D eigenvalue weighted by Crippen LogP contribution is -2.49. The number of halogens is 2. The van der Waals surface area contributed by atoms with E-state index in [0.717, 1.165) is 17.7 Å². The van der Waals surface area contributed by atoms with Crippen LogP contribution in [0.2, 0.25) is 0 Å². The van der Waals surface area contributed by atoms with Crippen LogP contribution in [0.25, 0.3) is 12.2 Å². The molecule has 32 heavy (non-hydrogen) atoms. The average Bonchev–Trinajstić information content (AvgIpc) is 3.12. The van der Waals surface area contributed by atoms with Gasteiger partial charge in [-0.3, -0.25) is 10.00 Å². The summed E-state index contributed by atoms with van der Waals surface area (Å²) in [6.45, 7) is 1.64. The Bertz CT molecular complexity index is 1280. The van der Waals surface area contributed by atoms with Crippen molar-refractivity contribution in [2.24, 2.45) is 0 Å². The number of aromatic nitrogens is 3. The molecular formula is C21H21F2N5O2S2. The molecule has 3 aromatic rings. The SMILES string of the molecule is O=S(=O)(c1ccc(F)cc1F)N1CCN(Cn2[nH]c(/C=C/c3ccccc3)nc2=S)CC1. The lowest BCUT2D eigenvalue weighted by atomic mass is 10.2. The van der Waals surface area contributed by atoms with Crippen molar-refractivity contribution in [3.8, 4) is 0 Å². The maximum atomic E-state index is 14.0. The number of piperazine rings is 1. The minimum atomic E-state index is -4.04. The van der Waals surface area contributed by atoms with E-state index in [1.807, 2.05) is 47.4 Å². The van der Waals surface area contributed by atoms with E-state index in [4.69, 9.17) is 12.2 Å². The van der Waals surface area contributed by atoms with E-state index < -0.39 is 26.6 Å². The number of rotatable bonds is 6. The van der Waals surface area contributed by atoms with Crippen molar-refractivity contribution < 1.29 is 17.2 Å². The first-order chi connectivity index (χ1) is 15.3. The molecule has 1 aromatic heterocycles. The zero-order valence-electron chi connectivity index (χ0n) is 17.0. The van der Waals surface area contributed by atoms with Gasteiger partial charge in [-0.25, -0.2) is 21.9 Å². The molecule has 0 saturated carbocycles. The predicted molar refractivity (Wildman–Crippen MR) is 119 cm³/mol. The molecule has 1 aliphatic rings. The van der Waals surface area contributed by atoms with Crippen LogP contribution in [0.3, 0.4) is 0 Å². The fraction of sp³-hybridized carbons (Fsp3) is 0.238. The average molecular weight is 478 g/mol. The lowest BCUT2D eigenvalue weighted by Gasteiger charge is -2.33. The largest absolute Gasteiger partial charge is 0.282 e. The highest BCUT2D eigenvalue weighted by Crippen LogP contribution is 2.21. The Balaban J connectivity index is 1.39. The molecule has 0 amide bonds. The normalized spacial score (nSPS) is 16.1. The van der Waals surface area contributed by atoms with E-state index >= 15 is 0 Å². The zero-order chi connectivity index (χ0) is 22.7. The van der Waals surface area contributed by atoms with Crippen LogP contribution in [-0.2, 0) is 16.7 Å². The highest BCUT2D eigenvalue weighted by atomic mass is 32.2. The van der Waals surface area contributed by atoms with E-state index in [0.29, 0.717) is 36.4 Å². The molecule has 1 fully saturated rings. The molecule has 2 heterocycles. The van der Waals surface area contributed by atoms with Gasteiger partial charge in [-0.1, -0.05) is 36.4 Å². The predicted octanol–water partition coefficient (Wildman–Crippen LogP) is 3.35. The highest BCUT2D eigenvalue weighted by molar-refractivity contribution is 7.89. The van der Waals surface area contributed by atoms with E-state index in [1.165, 1.54) is 4.31 Å². The Morgan fingerprint density at radius 2 is 1.75 bits per heavy atom. The van der Waals surface area contributed by atoms with Crippen molar-refractivity contribution in [3.05, 3.63) is 76.3 Å². The van der Waals surface area contributed by atoms with Gasteiger partial charge in [-0.15, -0.1) is 0 Å². The molecule has 11 heteroatoms. The van der Waals surface area contributed by atoms with Crippen LogP contribution in [-0.4, -0.2) is 58.6 Å². The molecule has 7 nitrogen and oxygen atoms in total. The highest BCUT2D eigenvalue weighted by Gasteiger charge is 2.30. The third-order valence-corrected chi connectivity index (χ3v) is 7.36. The molecule has 1 N–H and O–H groups in total. The molecule has 1 saturated heterocycles. The standard InChI is InChI=1S/C21H21F2N5O2S2/c22-17-7-8-19(18(23)14-17)32(29,30)27-12-10-26(11-13-27)15-28-21(31)24-20(25-28)9-6-16-4-2-1-3-5-16/h1-9,14H,10-13,15H2,(H,24,25,31)/b9-6+. The Hall–Kier alpha value is -2.73. The maximum absolute atomic E-state index is 14.0. The van der Waals surface area contributed by atoms with Crippen molar-refractivity contribution in [1.82, 2.24) is 24.0 Å². The van der Waals surface area contributed by atoms with Gasteiger partial charge in [0.15, 0.2) is 0 Å². The van der Waals surface area contributed by atoms with Gasteiger partial charge in [0.1, 0.15) is 22.4 Å². The molecule has 0 unspecified atom stereocenters. The third kappa shape index (κ3) is 5.01. The molecule has 4 rings (SSSR count). The molecule has 0 bridgehead atoms. The summed E-state index contributed by atoms with van der Waals surface area (Å²) in [6.07, 6.45) is 3.76. The van der Waals surface area contributed by atoms with Gasteiger partial charge >= 0.3 is 0 Å². The molecule has 1 aliphatic heterocycles. The van der Waals surface area contributed by atoms with Gasteiger partial charge in [0.05, 0.1) is 6.67 Å². The van der Waals surface area contributed by atoms with Gasteiger partial charge in [0.25, 0.3) is 0 Å². The summed E-state index contributed by atoms with van der Waals surface area (Å²) < 4.78 is 55.9. The van der Waals surface area contributed by atoms with Crippen molar-refractivity contribution in [2.75, 3.05) is 26.2 Å². The summed E-state index contributed by atoms with van der Waals surface area (Å²) in [6, 6.07) is 12.3. The number of hydrogen-bond donors (Lipinski definition) is 1. The minimum absolute atomic E-state index is 0.182. The van der Waals surface area contributed by atoms with Crippen molar-refractivity contribution in [2.45, 2.75) is 11.6 Å². The topological polar surface area (TPSA) is 74.2 Å². The van der Waals surface area contributed by atoms with Gasteiger partial charge in [0, 0.05) is 32.2 Å². The van der Waals surface area contributed by atoms with E-state index in [-0.39, 0.29) is 13.1 Å². The molecule has 168 valence electrons. The molecule has 0 aliphatic carbocycles. The minimum Gasteiger partial charge on any atom is -0.282 e. The molecule has 0 radical (unpaired) electrons. The Kier molecular flexibility index (Phi) is 6.60. The number of benzene rings is 2. The van der Waals surface area contributed by atoms with Crippen molar-refractivity contribution >= 4 is 34.4 Å². The van der Waals surface area contributed by atoms with Gasteiger partial charge in [-0.05, 0) is 36.0 Å². The number of hydrogen-bond acceptors (Lipinski definition) is 5. The number of H-pyrrole nitrogens is 1. The quantitative estimate of drug-likeness (QED) is 0.551. The van der Waals surface area contributed by atoms with Crippen LogP contribution in [0.5, 0.6) is 0 Å². The summed E-state index contributed by atoms with van der Waals surface area (Å²) in [5.74, 6) is -1.29. The van der Waals surface area contributed by atoms with Crippen LogP contribution in [0.1, 0.15) is 11.4 Å². The molecule has 0 spiro atoms. The second-order valence-corrected chi connectivity index (χ2v) is 9.57. The number of sulfonamides is 1. The second-order valence-electron chi connectivity index (χ2n) is 7.30. The van der Waals surface area contributed by atoms with E-state index in [1.54, 1.807) is 4.68 Å². The van der Waals surface area contributed by atoms with Gasteiger partial charge in [0.2, 0.25) is 14.8 Å². The zero-order valence-corrected chi connectivity index (χ0v) is 18.6. The van der Waals surface area contributed by atoms with Crippen LogP contribution >= 0.6 is 12.2 Å².